The second kappa shape index (κ2) is 7.57. The predicted octanol–water partition coefficient (Wildman–Crippen LogP) is 4.05. The number of anilines is 1. The molecule has 0 saturated carbocycles. The molecular weight excluding hydrogens is 328 g/mol. The molecule has 1 aromatic heterocycles. The molecule has 0 spiro atoms. The van der Waals surface area contributed by atoms with E-state index in [9.17, 15) is 8.78 Å². The van der Waals surface area contributed by atoms with Crippen LogP contribution in [0.5, 0.6) is 0 Å². The van der Waals surface area contributed by atoms with Crippen molar-refractivity contribution in [2.75, 3.05) is 18.0 Å². The van der Waals surface area contributed by atoms with Crippen molar-refractivity contribution in [2.24, 2.45) is 0 Å². The Hall–Kier alpha value is -1.53. The first-order valence-corrected chi connectivity index (χ1v) is 9.27. The first-order chi connectivity index (χ1) is 11.6. The van der Waals surface area contributed by atoms with Crippen LogP contribution in [0.4, 0.5) is 14.5 Å². The highest BCUT2D eigenvalue weighted by Crippen LogP contribution is 2.23. The van der Waals surface area contributed by atoms with Gasteiger partial charge >= 0.3 is 0 Å². The molecular formula is C18H23F2N3S. The Bertz CT molecular complexity index is 694. The molecule has 1 N–H and O–H groups in total. The van der Waals surface area contributed by atoms with Gasteiger partial charge in [0.25, 0.3) is 0 Å². The molecule has 1 fully saturated rings. The lowest BCUT2D eigenvalue weighted by Gasteiger charge is -2.34. The Labute approximate surface area is 145 Å². The van der Waals surface area contributed by atoms with Gasteiger partial charge in [0, 0.05) is 42.3 Å². The molecule has 3 nitrogen and oxygen atoms in total. The third-order valence-corrected chi connectivity index (χ3v) is 5.86. The largest absolute Gasteiger partial charge is 0.371 e. The van der Waals surface area contributed by atoms with Crippen molar-refractivity contribution in [3.63, 3.8) is 0 Å². The van der Waals surface area contributed by atoms with Gasteiger partial charge in [-0.1, -0.05) is 6.92 Å². The number of thiazole rings is 1. The smallest absolute Gasteiger partial charge is 0.160 e. The molecule has 3 rings (SSSR count). The molecule has 1 saturated heterocycles. The van der Waals surface area contributed by atoms with Crippen LogP contribution in [0, 0.1) is 18.6 Å². The van der Waals surface area contributed by atoms with Gasteiger partial charge < -0.3 is 10.2 Å². The Kier molecular flexibility index (Phi) is 5.46. The summed E-state index contributed by atoms with van der Waals surface area (Å²) < 4.78 is 26.4. The number of benzene rings is 1. The normalized spacial score (nSPS) is 15.9. The van der Waals surface area contributed by atoms with Crippen molar-refractivity contribution >= 4 is 17.0 Å². The van der Waals surface area contributed by atoms with Gasteiger partial charge in [-0.25, -0.2) is 13.8 Å². The van der Waals surface area contributed by atoms with Crippen LogP contribution in [-0.2, 0) is 13.0 Å². The minimum Gasteiger partial charge on any atom is -0.371 e. The standard InChI is InChI=1S/C18H23F2N3S/c1-3-18-22-12(2)17(24-18)11-21-13-6-8-23(9-7-13)14-4-5-15(19)16(20)10-14/h4-5,10,13,21H,3,6-9,11H2,1-2H3. The molecule has 2 aromatic rings. The van der Waals surface area contributed by atoms with Gasteiger partial charge in [-0.15, -0.1) is 11.3 Å². The van der Waals surface area contributed by atoms with E-state index in [1.54, 1.807) is 17.4 Å². The number of hydrogen-bond acceptors (Lipinski definition) is 4. The number of nitrogens with one attached hydrogen (secondary N) is 1. The molecule has 2 heterocycles. The topological polar surface area (TPSA) is 28.2 Å². The minimum absolute atomic E-state index is 0.457. The van der Waals surface area contributed by atoms with E-state index in [2.05, 4.69) is 29.0 Å². The average Bonchev–Trinajstić information content (AvgIpc) is 2.96. The summed E-state index contributed by atoms with van der Waals surface area (Å²) in [5.74, 6) is -1.57. The molecule has 6 heteroatoms. The van der Waals surface area contributed by atoms with Gasteiger partial charge in [0.15, 0.2) is 11.6 Å². The highest BCUT2D eigenvalue weighted by Gasteiger charge is 2.20. The van der Waals surface area contributed by atoms with E-state index in [-0.39, 0.29) is 0 Å². The summed E-state index contributed by atoms with van der Waals surface area (Å²) in [7, 11) is 0. The van der Waals surface area contributed by atoms with E-state index in [0.717, 1.165) is 50.3 Å². The Morgan fingerprint density at radius 1 is 1.25 bits per heavy atom. The highest BCUT2D eigenvalue weighted by atomic mass is 32.1. The number of nitrogens with zero attached hydrogens (tertiary/aromatic N) is 2. The molecule has 24 heavy (non-hydrogen) atoms. The molecule has 0 atom stereocenters. The Morgan fingerprint density at radius 2 is 2.00 bits per heavy atom. The van der Waals surface area contributed by atoms with Crippen LogP contribution >= 0.6 is 11.3 Å². The first kappa shape index (κ1) is 17.3. The molecule has 1 aliphatic heterocycles. The van der Waals surface area contributed by atoms with Crippen LogP contribution in [0.15, 0.2) is 18.2 Å². The first-order valence-electron chi connectivity index (χ1n) is 8.45. The van der Waals surface area contributed by atoms with Crippen LogP contribution < -0.4 is 10.2 Å². The van der Waals surface area contributed by atoms with Gasteiger partial charge in [0.1, 0.15) is 0 Å². The van der Waals surface area contributed by atoms with Gasteiger partial charge in [-0.3, -0.25) is 0 Å². The molecule has 1 aromatic carbocycles. The number of halogens is 2. The molecule has 0 radical (unpaired) electrons. The third kappa shape index (κ3) is 3.92. The fraction of sp³-hybridized carbons (Fsp3) is 0.500. The van der Waals surface area contributed by atoms with E-state index in [1.165, 1.54) is 22.0 Å². The van der Waals surface area contributed by atoms with Crippen LogP contribution in [0.1, 0.15) is 35.3 Å². The maximum absolute atomic E-state index is 13.4. The Balaban J connectivity index is 1.51. The summed E-state index contributed by atoms with van der Waals surface area (Å²) in [5, 5.41) is 4.81. The summed E-state index contributed by atoms with van der Waals surface area (Å²) >= 11 is 1.79. The lowest BCUT2D eigenvalue weighted by atomic mass is 10.0. The number of hydrogen-bond donors (Lipinski definition) is 1. The van der Waals surface area contributed by atoms with E-state index in [0.29, 0.717) is 6.04 Å². The average molecular weight is 351 g/mol. The highest BCUT2D eigenvalue weighted by molar-refractivity contribution is 7.11. The number of rotatable bonds is 5. The number of piperidine rings is 1. The molecule has 0 amide bonds. The lowest BCUT2D eigenvalue weighted by Crippen LogP contribution is -2.42. The number of aromatic nitrogens is 1. The van der Waals surface area contributed by atoms with Crippen molar-refractivity contribution in [1.29, 1.82) is 0 Å². The molecule has 1 aliphatic rings. The van der Waals surface area contributed by atoms with E-state index in [1.807, 2.05) is 0 Å². The van der Waals surface area contributed by atoms with E-state index in [4.69, 9.17) is 0 Å². The summed E-state index contributed by atoms with van der Waals surface area (Å²) in [6.45, 7) is 6.76. The zero-order valence-electron chi connectivity index (χ0n) is 14.1. The van der Waals surface area contributed by atoms with Crippen molar-refractivity contribution in [1.82, 2.24) is 10.3 Å². The van der Waals surface area contributed by atoms with Crippen molar-refractivity contribution in [3.8, 4) is 0 Å². The summed E-state index contributed by atoms with van der Waals surface area (Å²) in [6.07, 6.45) is 2.98. The minimum atomic E-state index is -0.790. The van der Waals surface area contributed by atoms with Crippen LogP contribution in [0.2, 0.25) is 0 Å². The quantitative estimate of drug-likeness (QED) is 0.881. The molecule has 0 aliphatic carbocycles. The zero-order chi connectivity index (χ0) is 17.1. The zero-order valence-corrected chi connectivity index (χ0v) is 14.9. The van der Waals surface area contributed by atoms with Crippen molar-refractivity contribution < 1.29 is 8.78 Å². The Morgan fingerprint density at radius 3 is 2.62 bits per heavy atom. The van der Waals surface area contributed by atoms with Crippen molar-refractivity contribution in [3.05, 3.63) is 45.4 Å². The van der Waals surface area contributed by atoms with Gasteiger partial charge in [0.2, 0.25) is 0 Å². The van der Waals surface area contributed by atoms with Gasteiger partial charge in [0.05, 0.1) is 10.7 Å². The monoisotopic (exact) mass is 351 g/mol. The second-order valence-corrected chi connectivity index (χ2v) is 7.38. The molecule has 0 bridgehead atoms. The van der Waals surface area contributed by atoms with Crippen LogP contribution in [0.25, 0.3) is 0 Å². The summed E-state index contributed by atoms with van der Waals surface area (Å²) in [5.41, 5.74) is 1.89. The maximum atomic E-state index is 13.4. The maximum Gasteiger partial charge on any atom is 0.160 e. The van der Waals surface area contributed by atoms with E-state index < -0.39 is 11.6 Å². The van der Waals surface area contributed by atoms with Gasteiger partial charge in [-0.05, 0) is 38.3 Å². The van der Waals surface area contributed by atoms with Gasteiger partial charge in [-0.2, -0.15) is 0 Å². The predicted molar refractivity (Wildman–Crippen MR) is 94.7 cm³/mol. The molecule has 130 valence electrons. The fourth-order valence-corrected chi connectivity index (χ4v) is 4.02. The van der Waals surface area contributed by atoms with Crippen LogP contribution in [0.3, 0.4) is 0 Å². The van der Waals surface area contributed by atoms with Crippen LogP contribution in [-0.4, -0.2) is 24.1 Å². The fourth-order valence-electron chi connectivity index (χ4n) is 3.06. The third-order valence-electron chi connectivity index (χ3n) is 4.55. The SMILES string of the molecule is CCc1nc(C)c(CNC2CCN(c3ccc(F)c(F)c3)CC2)s1. The lowest BCUT2D eigenvalue weighted by molar-refractivity contribution is 0.414. The van der Waals surface area contributed by atoms with E-state index >= 15 is 0 Å². The second-order valence-electron chi connectivity index (χ2n) is 6.21. The number of aryl methyl sites for hydroxylation is 2. The summed E-state index contributed by atoms with van der Waals surface area (Å²) in [4.78, 5) is 8.00. The summed E-state index contributed by atoms with van der Waals surface area (Å²) in [6, 6.07) is 4.60. The molecule has 0 unspecified atom stereocenters. The van der Waals surface area contributed by atoms with Crippen molar-refractivity contribution in [2.45, 2.75) is 45.7 Å².